The fourth-order valence-electron chi connectivity index (χ4n) is 2.06. The molecule has 1 heterocycles. The van der Waals surface area contributed by atoms with Gasteiger partial charge in [0.1, 0.15) is 5.67 Å². The number of aryl methyl sites for hydroxylation is 1. The van der Waals surface area contributed by atoms with Crippen LogP contribution in [0.15, 0.2) is 24.3 Å². The van der Waals surface area contributed by atoms with Gasteiger partial charge in [0.25, 0.3) is 0 Å². The van der Waals surface area contributed by atoms with Crippen LogP contribution in [0.3, 0.4) is 0 Å². The maximum absolute atomic E-state index is 14.4. The molecule has 2 heteroatoms. The molecule has 0 amide bonds. The maximum atomic E-state index is 14.4. The van der Waals surface area contributed by atoms with Crippen LogP contribution in [0, 0.1) is 6.92 Å². The molecule has 1 aliphatic heterocycles. The van der Waals surface area contributed by atoms with Gasteiger partial charge in [0.2, 0.25) is 0 Å². The summed E-state index contributed by atoms with van der Waals surface area (Å²) in [6.45, 7) is 3.16. The Morgan fingerprint density at radius 3 is 2.60 bits per heavy atom. The smallest absolute Gasteiger partial charge is 0.119 e. The van der Waals surface area contributed by atoms with Gasteiger partial charge in [0.15, 0.2) is 0 Å². The Morgan fingerprint density at radius 2 is 1.93 bits per heavy atom. The first-order valence-electron chi connectivity index (χ1n) is 5.51. The van der Waals surface area contributed by atoms with Crippen molar-refractivity contribution >= 4 is 0 Å². The average Bonchev–Trinajstić information content (AvgIpc) is 2.22. The molecule has 0 spiro atoms. The zero-order valence-corrected chi connectivity index (χ0v) is 9.13. The fraction of sp³-hybridized carbons (Fsp3) is 0.538. The van der Waals surface area contributed by atoms with Crippen molar-refractivity contribution in [3.63, 3.8) is 0 Å². The summed E-state index contributed by atoms with van der Waals surface area (Å²) in [4.78, 5) is 0. The van der Waals surface area contributed by atoms with E-state index in [9.17, 15) is 4.39 Å². The minimum atomic E-state index is -1.05. The van der Waals surface area contributed by atoms with Gasteiger partial charge in [-0.2, -0.15) is 0 Å². The Hall–Kier alpha value is -0.890. The lowest BCUT2D eigenvalue weighted by Crippen LogP contribution is -2.34. The van der Waals surface area contributed by atoms with Crippen molar-refractivity contribution in [2.45, 2.75) is 31.9 Å². The average molecular weight is 208 g/mol. The Morgan fingerprint density at radius 1 is 1.27 bits per heavy atom. The predicted octanol–water partition coefficient (Wildman–Crippen LogP) is 3.06. The molecule has 0 aromatic heterocycles. The van der Waals surface area contributed by atoms with Gasteiger partial charge in [-0.3, -0.25) is 0 Å². The first kappa shape index (κ1) is 10.6. The van der Waals surface area contributed by atoms with Gasteiger partial charge in [-0.25, -0.2) is 4.39 Å². The number of hydrogen-bond acceptors (Lipinski definition) is 1. The summed E-state index contributed by atoms with van der Waals surface area (Å²) in [5, 5.41) is 0. The van der Waals surface area contributed by atoms with Gasteiger partial charge in [0, 0.05) is 32.5 Å². The number of benzene rings is 1. The largest absolute Gasteiger partial charge is 0.381 e. The molecular weight excluding hydrogens is 191 g/mol. The third kappa shape index (κ3) is 2.57. The summed E-state index contributed by atoms with van der Waals surface area (Å²) < 4.78 is 19.6. The summed E-state index contributed by atoms with van der Waals surface area (Å²) >= 11 is 0. The Kier molecular flexibility index (Phi) is 3.06. The topological polar surface area (TPSA) is 9.23 Å². The van der Waals surface area contributed by atoms with E-state index in [0.717, 1.165) is 5.56 Å². The van der Waals surface area contributed by atoms with Crippen LogP contribution < -0.4 is 0 Å². The number of halogens is 1. The summed E-state index contributed by atoms with van der Waals surface area (Å²) in [5.74, 6) is 0. The van der Waals surface area contributed by atoms with Crippen molar-refractivity contribution in [3.05, 3.63) is 35.4 Å². The van der Waals surface area contributed by atoms with E-state index in [0.29, 0.717) is 32.5 Å². The van der Waals surface area contributed by atoms with Crippen molar-refractivity contribution in [1.29, 1.82) is 0 Å². The highest BCUT2D eigenvalue weighted by atomic mass is 19.1. The van der Waals surface area contributed by atoms with Crippen LogP contribution in [0.5, 0.6) is 0 Å². The summed E-state index contributed by atoms with van der Waals surface area (Å²) in [6, 6.07) is 8.03. The van der Waals surface area contributed by atoms with Crippen molar-refractivity contribution in [2.75, 3.05) is 13.2 Å². The summed E-state index contributed by atoms with van der Waals surface area (Å²) in [6.07, 6.45) is 1.59. The lowest BCUT2D eigenvalue weighted by molar-refractivity contribution is -0.00823. The van der Waals surface area contributed by atoms with Crippen molar-refractivity contribution in [3.8, 4) is 0 Å². The van der Waals surface area contributed by atoms with Crippen molar-refractivity contribution < 1.29 is 9.13 Å². The molecule has 0 saturated carbocycles. The van der Waals surface area contributed by atoms with Crippen molar-refractivity contribution in [1.82, 2.24) is 0 Å². The standard InChI is InChI=1S/C13H17FO/c1-11-4-2-3-5-12(11)10-13(14)6-8-15-9-7-13/h2-5H,6-10H2,1H3. The third-order valence-electron chi connectivity index (χ3n) is 3.16. The molecule has 0 atom stereocenters. The van der Waals surface area contributed by atoms with Crippen LogP contribution in [-0.4, -0.2) is 18.9 Å². The molecule has 0 radical (unpaired) electrons. The molecule has 1 saturated heterocycles. The third-order valence-corrected chi connectivity index (χ3v) is 3.16. The van der Waals surface area contributed by atoms with Crippen LogP contribution in [0.1, 0.15) is 24.0 Å². The Bertz CT molecular complexity index is 329. The molecule has 15 heavy (non-hydrogen) atoms. The van der Waals surface area contributed by atoms with Crippen molar-refractivity contribution in [2.24, 2.45) is 0 Å². The van der Waals surface area contributed by atoms with Crippen LogP contribution in [0.25, 0.3) is 0 Å². The number of ether oxygens (including phenoxy) is 1. The highest BCUT2D eigenvalue weighted by Crippen LogP contribution is 2.30. The monoisotopic (exact) mass is 208 g/mol. The highest BCUT2D eigenvalue weighted by molar-refractivity contribution is 5.27. The molecule has 1 nitrogen and oxygen atoms in total. The lowest BCUT2D eigenvalue weighted by Gasteiger charge is -2.30. The highest BCUT2D eigenvalue weighted by Gasteiger charge is 2.32. The summed E-state index contributed by atoms with van der Waals surface area (Å²) in [5.41, 5.74) is 1.26. The van der Waals surface area contributed by atoms with Gasteiger partial charge in [-0.1, -0.05) is 24.3 Å². The minimum Gasteiger partial charge on any atom is -0.381 e. The minimum absolute atomic E-state index is 0.529. The second-order valence-electron chi connectivity index (χ2n) is 4.37. The van der Waals surface area contributed by atoms with E-state index in [1.54, 1.807) is 0 Å². The van der Waals surface area contributed by atoms with Crippen LogP contribution >= 0.6 is 0 Å². The number of rotatable bonds is 2. The quantitative estimate of drug-likeness (QED) is 0.725. The Balaban J connectivity index is 2.10. The zero-order valence-electron chi connectivity index (χ0n) is 9.13. The maximum Gasteiger partial charge on any atom is 0.119 e. The van der Waals surface area contributed by atoms with Gasteiger partial charge >= 0.3 is 0 Å². The molecule has 1 aromatic rings. The van der Waals surface area contributed by atoms with Crippen LogP contribution in [0.2, 0.25) is 0 Å². The molecule has 2 rings (SSSR count). The second kappa shape index (κ2) is 4.31. The molecule has 1 aromatic carbocycles. The van der Waals surface area contributed by atoms with E-state index in [1.807, 2.05) is 31.2 Å². The molecule has 1 aliphatic rings. The van der Waals surface area contributed by atoms with Gasteiger partial charge < -0.3 is 4.74 Å². The van der Waals surface area contributed by atoms with Crippen LogP contribution in [0.4, 0.5) is 4.39 Å². The first-order chi connectivity index (χ1) is 7.20. The molecule has 0 aliphatic carbocycles. The van der Waals surface area contributed by atoms with E-state index in [1.165, 1.54) is 5.56 Å². The first-order valence-corrected chi connectivity index (χ1v) is 5.51. The molecule has 0 bridgehead atoms. The fourth-order valence-corrected chi connectivity index (χ4v) is 2.06. The molecule has 82 valence electrons. The van der Waals surface area contributed by atoms with E-state index in [-0.39, 0.29) is 0 Å². The SMILES string of the molecule is Cc1ccccc1CC1(F)CCOCC1. The number of hydrogen-bond donors (Lipinski definition) is 0. The predicted molar refractivity (Wildman–Crippen MR) is 58.8 cm³/mol. The molecule has 1 fully saturated rings. The molecule has 0 unspecified atom stereocenters. The van der Waals surface area contributed by atoms with E-state index in [2.05, 4.69) is 0 Å². The van der Waals surface area contributed by atoms with Gasteiger partial charge in [0.05, 0.1) is 0 Å². The van der Waals surface area contributed by atoms with E-state index in [4.69, 9.17) is 4.74 Å². The number of alkyl halides is 1. The van der Waals surface area contributed by atoms with Crippen LogP contribution in [-0.2, 0) is 11.2 Å². The normalized spacial score (nSPS) is 20.1. The van der Waals surface area contributed by atoms with Gasteiger partial charge in [-0.15, -0.1) is 0 Å². The zero-order chi connectivity index (χ0) is 10.7. The van der Waals surface area contributed by atoms with E-state index >= 15 is 0 Å². The van der Waals surface area contributed by atoms with E-state index < -0.39 is 5.67 Å². The molecule has 0 N–H and O–H groups in total. The molecular formula is C13H17FO. The lowest BCUT2D eigenvalue weighted by atomic mass is 9.88. The Labute approximate surface area is 90.3 Å². The summed E-state index contributed by atoms with van der Waals surface area (Å²) in [7, 11) is 0. The second-order valence-corrected chi connectivity index (χ2v) is 4.37. The van der Waals surface area contributed by atoms with Gasteiger partial charge in [-0.05, 0) is 18.1 Å².